The van der Waals surface area contributed by atoms with Crippen molar-refractivity contribution in [1.82, 2.24) is 24.9 Å². The Labute approximate surface area is 370 Å². The monoisotopic (exact) mass is 870 g/mol. The molecule has 4 aliphatic heterocycles. The van der Waals surface area contributed by atoms with E-state index in [2.05, 4.69) is 31.0 Å². The van der Waals surface area contributed by atoms with Gasteiger partial charge in [0.2, 0.25) is 11.8 Å². The second-order valence-electron chi connectivity index (χ2n) is 16.8. The summed E-state index contributed by atoms with van der Waals surface area (Å²) in [5.74, 6) is -0.130. The number of nitrogens with zero attached hydrogens (tertiary/aromatic N) is 5. The first kappa shape index (κ1) is 42.7. The number of nitrogens with one attached hydrogen (secondary N) is 1. The summed E-state index contributed by atoms with van der Waals surface area (Å²) in [6, 6.07) is 24.4. The topological polar surface area (TPSA) is 166 Å². The van der Waals surface area contributed by atoms with Crippen molar-refractivity contribution in [2.24, 2.45) is 0 Å². The normalized spacial score (nSPS) is 18.8. The maximum atomic E-state index is 14.0. The predicted octanol–water partition coefficient (Wildman–Crippen LogP) is 3.15. The molecule has 0 bridgehead atoms. The van der Waals surface area contributed by atoms with Crippen LogP contribution >= 0.6 is 11.3 Å². The smallest absolute Gasteiger partial charge is 0.488 e. The second-order valence-corrected chi connectivity index (χ2v) is 17.8. The first-order chi connectivity index (χ1) is 30.6. The summed E-state index contributed by atoms with van der Waals surface area (Å²) in [5, 5.41) is 32.4. The van der Waals surface area contributed by atoms with Crippen molar-refractivity contribution in [3.05, 3.63) is 107 Å². The Morgan fingerprint density at radius 3 is 2.16 bits per heavy atom. The maximum absolute atomic E-state index is 14.0. The summed E-state index contributed by atoms with van der Waals surface area (Å²) < 4.78 is 6.90. The minimum Gasteiger partial charge on any atom is -0.508 e. The van der Waals surface area contributed by atoms with Crippen LogP contribution in [0.3, 0.4) is 0 Å². The molecule has 1 unspecified atom stereocenters. The molecule has 3 amide bonds. The molecule has 3 saturated heterocycles. The van der Waals surface area contributed by atoms with Gasteiger partial charge in [0, 0.05) is 109 Å². The van der Waals surface area contributed by atoms with Gasteiger partial charge in [0.25, 0.3) is 5.91 Å². The van der Waals surface area contributed by atoms with E-state index in [1.54, 1.807) is 59.5 Å². The van der Waals surface area contributed by atoms with Gasteiger partial charge in [-0.05, 0) is 103 Å². The Kier molecular flexibility index (Phi) is 12.6. The van der Waals surface area contributed by atoms with Gasteiger partial charge in [-0.3, -0.25) is 34.3 Å². The quantitative estimate of drug-likeness (QED) is 0.0734. The zero-order chi connectivity index (χ0) is 43.6. The van der Waals surface area contributed by atoms with Crippen LogP contribution in [0.1, 0.15) is 51.1 Å². The van der Waals surface area contributed by atoms with Crippen LogP contribution in [0.4, 0.5) is 5.69 Å². The van der Waals surface area contributed by atoms with Crippen molar-refractivity contribution in [2.75, 3.05) is 83.5 Å². The van der Waals surface area contributed by atoms with E-state index in [0.29, 0.717) is 47.5 Å². The van der Waals surface area contributed by atoms with Gasteiger partial charge in [0.15, 0.2) is 5.78 Å². The Hall–Kier alpha value is -5.62. The number of ether oxygens (including phenoxy) is 1. The molecule has 9 rings (SSSR count). The number of benzene rings is 4. The Balaban J connectivity index is 0.687. The van der Waals surface area contributed by atoms with Crippen LogP contribution in [0.15, 0.2) is 84.9 Å². The molecule has 3 fully saturated rings. The molecule has 4 aliphatic rings. The standard InChI is InChI=1S/C47H51BN6O8S/c55-36-9-13-39-41(29-36)63-45(32-2-6-34(7-3-32)48(60)61)43(39)44(57)31-4-10-37(11-5-31)62-27-26-52-20-18-50(19-21-52)16-1-17-51-22-24-53(25-23-51)35-8-12-38-33(28-35)30-54(47(38)59)40-14-15-42(56)49-46(40)58/h2-13,28-29,40,55,60-61H,1,14-27,30H2,(H,49,56,58). The van der Waals surface area contributed by atoms with Gasteiger partial charge in [-0.25, -0.2) is 0 Å². The molecule has 4 aromatic carbocycles. The van der Waals surface area contributed by atoms with E-state index in [-0.39, 0.29) is 35.7 Å². The molecule has 0 spiro atoms. The first-order valence-electron chi connectivity index (χ1n) is 21.8. The molecule has 0 radical (unpaired) electrons. The summed E-state index contributed by atoms with van der Waals surface area (Å²) in [6.07, 6.45) is 1.73. The van der Waals surface area contributed by atoms with Crippen molar-refractivity contribution < 1.29 is 39.1 Å². The number of imide groups is 1. The lowest BCUT2D eigenvalue weighted by molar-refractivity contribution is -0.136. The number of hydrogen-bond acceptors (Lipinski definition) is 13. The van der Waals surface area contributed by atoms with E-state index in [0.717, 1.165) is 110 Å². The molecule has 0 aliphatic carbocycles. The van der Waals surface area contributed by atoms with E-state index in [4.69, 9.17) is 4.74 Å². The van der Waals surface area contributed by atoms with Crippen LogP contribution < -0.4 is 20.4 Å². The van der Waals surface area contributed by atoms with Gasteiger partial charge >= 0.3 is 7.12 Å². The van der Waals surface area contributed by atoms with Gasteiger partial charge in [-0.2, -0.15) is 0 Å². The SMILES string of the molecule is O=C1CCC(N2Cc3cc(N4CCN(CCCN5CCN(CCOc6ccc(C(=O)c7c(-c8ccc(B(O)O)cc8)sc8cc(O)ccc78)cc6)CC5)CC4)ccc3C2=O)C(=O)N1. The minimum absolute atomic E-state index is 0.120. The predicted molar refractivity (Wildman–Crippen MR) is 243 cm³/mol. The molecule has 1 aromatic heterocycles. The number of amides is 3. The zero-order valence-corrected chi connectivity index (χ0v) is 35.9. The molecular weight excluding hydrogens is 819 g/mol. The van der Waals surface area contributed by atoms with Crippen molar-refractivity contribution in [3.63, 3.8) is 0 Å². The summed E-state index contributed by atoms with van der Waals surface area (Å²) >= 11 is 1.41. The summed E-state index contributed by atoms with van der Waals surface area (Å²) in [4.78, 5) is 63.4. The molecule has 1 atom stereocenters. The third-order valence-corrected chi connectivity index (χ3v) is 14.0. The number of fused-ring (bicyclic) bond motifs is 2. The largest absolute Gasteiger partial charge is 0.508 e. The molecule has 5 aromatic rings. The second kappa shape index (κ2) is 18.6. The average molecular weight is 871 g/mol. The number of phenols is 1. The van der Waals surface area contributed by atoms with Gasteiger partial charge in [-0.1, -0.05) is 24.3 Å². The van der Waals surface area contributed by atoms with Gasteiger partial charge in [-0.15, -0.1) is 11.3 Å². The molecule has 63 heavy (non-hydrogen) atoms. The Morgan fingerprint density at radius 1 is 0.794 bits per heavy atom. The van der Waals surface area contributed by atoms with Crippen molar-refractivity contribution in [2.45, 2.75) is 31.8 Å². The lowest BCUT2D eigenvalue weighted by Gasteiger charge is -2.37. The van der Waals surface area contributed by atoms with Crippen LogP contribution in [0.5, 0.6) is 11.5 Å². The number of anilines is 1. The number of rotatable bonds is 14. The summed E-state index contributed by atoms with van der Waals surface area (Å²) in [7, 11) is -1.58. The van der Waals surface area contributed by atoms with Crippen molar-refractivity contribution in [1.29, 1.82) is 0 Å². The van der Waals surface area contributed by atoms with Gasteiger partial charge in [0.1, 0.15) is 24.1 Å². The zero-order valence-electron chi connectivity index (χ0n) is 35.1. The third-order valence-electron chi connectivity index (χ3n) is 12.8. The fourth-order valence-electron chi connectivity index (χ4n) is 9.20. The highest BCUT2D eigenvalue weighted by Crippen LogP contribution is 2.41. The number of carbonyl (C=O) groups is 4. The first-order valence-corrected chi connectivity index (χ1v) is 22.6. The number of thiophene rings is 1. The Morgan fingerprint density at radius 2 is 1.48 bits per heavy atom. The van der Waals surface area contributed by atoms with E-state index in [1.807, 2.05) is 24.3 Å². The minimum atomic E-state index is -1.58. The number of ketones is 1. The van der Waals surface area contributed by atoms with E-state index < -0.39 is 13.2 Å². The number of carbonyl (C=O) groups excluding carboxylic acids is 4. The molecular formula is C47H51BN6O8S. The van der Waals surface area contributed by atoms with Crippen LogP contribution in [0, 0.1) is 0 Å². The number of aromatic hydroxyl groups is 1. The highest BCUT2D eigenvalue weighted by Gasteiger charge is 2.39. The highest BCUT2D eigenvalue weighted by atomic mass is 32.1. The van der Waals surface area contributed by atoms with E-state index >= 15 is 0 Å². The molecule has 4 N–H and O–H groups in total. The lowest BCUT2D eigenvalue weighted by Crippen LogP contribution is -2.52. The molecule has 5 heterocycles. The fourth-order valence-corrected chi connectivity index (χ4v) is 10.4. The van der Waals surface area contributed by atoms with Crippen LogP contribution in [-0.2, 0) is 16.1 Å². The average Bonchev–Trinajstić information content (AvgIpc) is 3.83. The number of piperidine rings is 1. The number of piperazine rings is 2. The summed E-state index contributed by atoms with van der Waals surface area (Å²) in [5.41, 5.74) is 4.88. The lowest BCUT2D eigenvalue weighted by atomic mass is 9.80. The van der Waals surface area contributed by atoms with E-state index in [1.165, 1.54) is 11.3 Å². The molecule has 0 saturated carbocycles. The Bertz CT molecular complexity index is 2500. The van der Waals surface area contributed by atoms with Crippen molar-refractivity contribution in [3.8, 4) is 21.9 Å². The van der Waals surface area contributed by atoms with Gasteiger partial charge in [0.05, 0.1) is 0 Å². The molecule has 326 valence electrons. The summed E-state index contributed by atoms with van der Waals surface area (Å²) in [6.45, 7) is 11.7. The van der Waals surface area contributed by atoms with Crippen molar-refractivity contribution >= 4 is 63.2 Å². The highest BCUT2D eigenvalue weighted by molar-refractivity contribution is 7.22. The van der Waals surface area contributed by atoms with Crippen LogP contribution in [-0.4, -0.2) is 150 Å². The van der Waals surface area contributed by atoms with Crippen LogP contribution in [0.25, 0.3) is 20.5 Å². The maximum Gasteiger partial charge on any atom is 0.488 e. The molecule has 14 nitrogen and oxygen atoms in total. The van der Waals surface area contributed by atoms with E-state index in [9.17, 15) is 34.3 Å². The third kappa shape index (κ3) is 9.37. The molecule has 16 heteroatoms. The van der Waals surface area contributed by atoms with Crippen LogP contribution in [0.2, 0.25) is 0 Å². The number of phenolic OH excluding ortho intramolecular Hbond substituents is 1. The number of hydrogen-bond donors (Lipinski definition) is 4. The van der Waals surface area contributed by atoms with Gasteiger partial charge < -0.3 is 34.6 Å². The fraction of sp³-hybridized carbons (Fsp3) is 0.362.